The largest absolute Gasteiger partial charge is 0.345 e. The molecule has 0 bridgehead atoms. The molecule has 0 spiro atoms. The fourth-order valence-corrected chi connectivity index (χ4v) is 0.902. The molecule has 1 aromatic carbocycles. The Labute approximate surface area is 82.6 Å². The van der Waals surface area contributed by atoms with Gasteiger partial charge < -0.3 is 0 Å². The molecule has 0 saturated heterocycles. The van der Waals surface area contributed by atoms with Crippen molar-refractivity contribution in [3.8, 4) is 0 Å². The Morgan fingerprint density at radius 2 is 1.82 bits per heavy atom. The standard InChI is InChI=1S/C8H8NS.Li/c9-10-7-6-8-4-2-1-3-5-8;/h1-7,9H;/q+1;. The summed E-state index contributed by atoms with van der Waals surface area (Å²) in [6.07, 6.45) is 1.91. The molecule has 1 radical (unpaired) electrons. The van der Waals surface area contributed by atoms with Crippen molar-refractivity contribution in [1.29, 1.82) is 4.78 Å². The smallest absolute Gasteiger partial charge is 0.0622 e. The molecule has 0 atom stereocenters. The van der Waals surface area contributed by atoms with Crippen molar-refractivity contribution >= 4 is 36.5 Å². The second-order valence-corrected chi connectivity index (χ2v) is 2.34. The molecule has 51 valence electrons. The summed E-state index contributed by atoms with van der Waals surface area (Å²) in [7, 11) is 0. The van der Waals surface area contributed by atoms with E-state index >= 15 is 0 Å². The van der Waals surface area contributed by atoms with Crippen LogP contribution in [0.1, 0.15) is 5.56 Å². The molecule has 1 aromatic rings. The van der Waals surface area contributed by atoms with E-state index in [1.165, 1.54) is 0 Å². The van der Waals surface area contributed by atoms with Crippen LogP contribution in [0.5, 0.6) is 0 Å². The van der Waals surface area contributed by atoms with Crippen molar-refractivity contribution in [3.63, 3.8) is 0 Å². The summed E-state index contributed by atoms with van der Waals surface area (Å²) in [5.74, 6) is 0. The van der Waals surface area contributed by atoms with Crippen molar-refractivity contribution in [1.82, 2.24) is 0 Å². The predicted octanol–water partition coefficient (Wildman–Crippen LogP) is 2.12. The molecule has 11 heavy (non-hydrogen) atoms. The average Bonchev–Trinajstić information content (AvgIpc) is 2.03. The first-order valence-electron chi connectivity index (χ1n) is 2.97. The third-order valence-corrected chi connectivity index (χ3v) is 1.40. The Kier molecular flexibility index (Phi) is 6.06. The third-order valence-electron chi connectivity index (χ3n) is 1.13. The van der Waals surface area contributed by atoms with Crippen LogP contribution < -0.4 is 0 Å². The topological polar surface area (TPSA) is 23.9 Å². The molecule has 0 saturated carbocycles. The summed E-state index contributed by atoms with van der Waals surface area (Å²) in [4.78, 5) is 0. The minimum Gasteiger partial charge on any atom is -0.0622 e. The van der Waals surface area contributed by atoms with Gasteiger partial charge in [0.2, 0.25) is 5.41 Å². The zero-order valence-corrected chi connectivity index (χ0v) is 7.27. The Balaban J connectivity index is 0.000001000. The minimum atomic E-state index is 0. The number of hydrogen-bond acceptors (Lipinski definition) is 1. The van der Waals surface area contributed by atoms with Crippen LogP contribution >= 0.6 is 0 Å². The maximum atomic E-state index is 6.78. The van der Waals surface area contributed by atoms with Crippen LogP contribution in [0, 0.1) is 4.78 Å². The summed E-state index contributed by atoms with van der Waals surface area (Å²) in [6, 6.07) is 9.95. The van der Waals surface area contributed by atoms with E-state index < -0.39 is 0 Å². The molecule has 1 N–H and O–H groups in total. The predicted molar refractivity (Wildman–Crippen MR) is 51.3 cm³/mol. The van der Waals surface area contributed by atoms with Gasteiger partial charge in [0.25, 0.3) is 0 Å². The molecule has 0 amide bonds. The fraction of sp³-hybridized carbons (Fsp3) is 0. The van der Waals surface area contributed by atoms with Gasteiger partial charge in [0.1, 0.15) is 0 Å². The van der Waals surface area contributed by atoms with Crippen molar-refractivity contribution in [2.75, 3.05) is 0 Å². The monoisotopic (exact) mass is 157 g/mol. The van der Waals surface area contributed by atoms with E-state index in [1.54, 1.807) is 5.41 Å². The van der Waals surface area contributed by atoms with Crippen LogP contribution in [0.3, 0.4) is 0 Å². The number of benzene rings is 1. The zero-order chi connectivity index (χ0) is 7.23. The van der Waals surface area contributed by atoms with Gasteiger partial charge in [0.05, 0.1) is 0 Å². The molecule has 0 aliphatic heterocycles. The van der Waals surface area contributed by atoms with Crippen LogP contribution in [0.15, 0.2) is 35.7 Å². The SMILES string of the molecule is N=[S+]C=Cc1ccccc1.[Li]. The quantitative estimate of drug-likeness (QED) is 0.502. The molecule has 0 aromatic heterocycles. The molecular weight excluding hydrogens is 149 g/mol. The molecule has 0 fully saturated rings. The van der Waals surface area contributed by atoms with Crippen LogP contribution in [-0.2, 0) is 11.6 Å². The Hall–Kier alpha value is -0.423. The molecular formula is C8H8LiNS+. The van der Waals surface area contributed by atoms with Gasteiger partial charge in [-0.1, -0.05) is 30.3 Å². The summed E-state index contributed by atoms with van der Waals surface area (Å²) in [5, 5.41) is 1.75. The van der Waals surface area contributed by atoms with E-state index in [-0.39, 0.29) is 18.9 Å². The van der Waals surface area contributed by atoms with E-state index in [2.05, 4.69) is 0 Å². The van der Waals surface area contributed by atoms with Crippen LogP contribution in [0.25, 0.3) is 6.08 Å². The van der Waals surface area contributed by atoms with Crippen molar-refractivity contribution in [3.05, 3.63) is 41.3 Å². The van der Waals surface area contributed by atoms with Crippen LogP contribution in [-0.4, -0.2) is 18.9 Å². The Morgan fingerprint density at radius 1 is 1.18 bits per heavy atom. The van der Waals surface area contributed by atoms with Crippen molar-refractivity contribution < 1.29 is 0 Å². The molecule has 1 nitrogen and oxygen atoms in total. The van der Waals surface area contributed by atoms with Gasteiger partial charge in [-0.15, -0.1) is 0 Å². The molecule has 1 rings (SSSR count). The first-order valence-corrected chi connectivity index (χ1v) is 3.85. The van der Waals surface area contributed by atoms with E-state index in [4.69, 9.17) is 4.78 Å². The molecule has 0 aliphatic rings. The van der Waals surface area contributed by atoms with Gasteiger partial charge in [-0.3, -0.25) is 0 Å². The first-order chi connectivity index (χ1) is 4.93. The minimum absolute atomic E-state index is 0. The van der Waals surface area contributed by atoms with Gasteiger partial charge in [-0.05, 0) is 10.3 Å². The van der Waals surface area contributed by atoms with Crippen molar-refractivity contribution in [2.45, 2.75) is 0 Å². The maximum absolute atomic E-state index is 6.78. The number of rotatable bonds is 2. The van der Waals surface area contributed by atoms with E-state index in [0.29, 0.717) is 0 Å². The maximum Gasteiger partial charge on any atom is 0.345 e. The fourth-order valence-electron chi connectivity index (χ4n) is 0.677. The van der Waals surface area contributed by atoms with E-state index in [1.807, 2.05) is 36.4 Å². The second-order valence-electron chi connectivity index (χ2n) is 1.83. The average molecular weight is 157 g/mol. The summed E-state index contributed by atoms with van der Waals surface area (Å²) in [5.41, 5.74) is 1.14. The molecule has 0 aliphatic carbocycles. The Bertz CT molecular complexity index is 233. The van der Waals surface area contributed by atoms with Crippen LogP contribution in [0.4, 0.5) is 0 Å². The van der Waals surface area contributed by atoms with E-state index in [9.17, 15) is 0 Å². The summed E-state index contributed by atoms with van der Waals surface area (Å²) < 4.78 is 6.78. The Morgan fingerprint density at radius 3 is 2.36 bits per heavy atom. The van der Waals surface area contributed by atoms with Gasteiger partial charge in [0.15, 0.2) is 0 Å². The second kappa shape index (κ2) is 6.30. The van der Waals surface area contributed by atoms with Gasteiger partial charge in [-0.2, -0.15) is 0 Å². The normalized spacial score (nSPS) is 9.09. The van der Waals surface area contributed by atoms with Gasteiger partial charge in [-0.25, -0.2) is 0 Å². The van der Waals surface area contributed by atoms with Gasteiger partial charge in [0, 0.05) is 24.9 Å². The van der Waals surface area contributed by atoms with E-state index in [0.717, 1.165) is 17.1 Å². The first kappa shape index (κ1) is 10.6. The third kappa shape index (κ3) is 4.10. The molecule has 0 heterocycles. The molecule has 0 unspecified atom stereocenters. The summed E-state index contributed by atoms with van der Waals surface area (Å²) >= 11 is 0.966. The van der Waals surface area contributed by atoms with Crippen LogP contribution in [0.2, 0.25) is 0 Å². The summed E-state index contributed by atoms with van der Waals surface area (Å²) in [6.45, 7) is 0. The number of hydrogen-bond donors (Lipinski definition) is 1. The zero-order valence-electron chi connectivity index (χ0n) is 6.45. The van der Waals surface area contributed by atoms with Crippen molar-refractivity contribution in [2.24, 2.45) is 0 Å². The van der Waals surface area contributed by atoms with Gasteiger partial charge >= 0.3 is 11.6 Å². The molecule has 3 heteroatoms. The number of nitrogens with one attached hydrogen (secondary N) is 1.